The third kappa shape index (κ3) is 4.80. The molecule has 0 aromatic carbocycles. The van der Waals surface area contributed by atoms with Gasteiger partial charge >= 0.3 is 0 Å². The fraction of sp³-hybridized carbons (Fsp3) is 0.600. The maximum Gasteiger partial charge on any atom is 0.293 e. The number of carbonyl (C=O) groups is 2. The minimum atomic E-state index is -0.128. The van der Waals surface area contributed by atoms with Crippen LogP contribution < -0.4 is 5.32 Å². The van der Waals surface area contributed by atoms with Gasteiger partial charge in [0.05, 0.1) is 13.0 Å². The van der Waals surface area contributed by atoms with Crippen LogP contribution in [0.1, 0.15) is 6.42 Å². The second-order valence-electron chi connectivity index (χ2n) is 1.39. The van der Waals surface area contributed by atoms with E-state index in [1.54, 1.807) is 0 Å². The third-order valence-electron chi connectivity index (χ3n) is 0.794. The highest BCUT2D eigenvalue weighted by molar-refractivity contribution is 5.75. The van der Waals surface area contributed by atoms with Gasteiger partial charge in [-0.05, 0) is 0 Å². The van der Waals surface area contributed by atoms with Crippen LogP contribution in [0.4, 0.5) is 0 Å². The summed E-state index contributed by atoms with van der Waals surface area (Å²) in [5.74, 6) is -0.128. The lowest BCUT2D eigenvalue weighted by Crippen LogP contribution is -2.19. The Labute approximate surface area is 53.2 Å². The van der Waals surface area contributed by atoms with Crippen LogP contribution >= 0.6 is 0 Å². The van der Waals surface area contributed by atoms with Gasteiger partial charge in [-0.2, -0.15) is 0 Å². The molecule has 4 nitrogen and oxygen atoms in total. The van der Waals surface area contributed by atoms with Crippen molar-refractivity contribution in [1.29, 1.82) is 0 Å². The molecule has 0 spiro atoms. The summed E-state index contributed by atoms with van der Waals surface area (Å²) < 4.78 is 4.26. The number of hydrogen-bond donors (Lipinski definition) is 1. The smallest absolute Gasteiger partial charge is 0.293 e. The third-order valence-corrected chi connectivity index (χ3v) is 0.794. The van der Waals surface area contributed by atoms with Crippen molar-refractivity contribution < 1.29 is 14.3 Å². The molecule has 0 saturated heterocycles. The molecule has 0 aliphatic carbocycles. The van der Waals surface area contributed by atoms with Crippen LogP contribution in [-0.4, -0.2) is 26.0 Å². The van der Waals surface area contributed by atoms with Gasteiger partial charge in [-0.25, -0.2) is 0 Å². The first-order valence-electron chi connectivity index (χ1n) is 2.57. The summed E-state index contributed by atoms with van der Waals surface area (Å²) in [5, 5.41) is 2.39. The molecule has 0 bridgehead atoms. The van der Waals surface area contributed by atoms with Gasteiger partial charge in [0.2, 0.25) is 5.91 Å². The van der Waals surface area contributed by atoms with Crippen LogP contribution in [-0.2, 0) is 14.3 Å². The molecule has 0 aliphatic rings. The zero-order valence-electron chi connectivity index (χ0n) is 5.22. The highest BCUT2D eigenvalue weighted by atomic mass is 16.5. The average molecular weight is 131 g/mol. The Kier molecular flexibility index (Phi) is 4.49. The molecule has 0 rings (SSSR count). The number of rotatable bonds is 4. The van der Waals surface area contributed by atoms with E-state index in [0.29, 0.717) is 6.47 Å². The lowest BCUT2D eigenvalue weighted by molar-refractivity contribution is -0.130. The fourth-order valence-electron chi connectivity index (χ4n) is 0.325. The van der Waals surface area contributed by atoms with Crippen molar-refractivity contribution in [3.8, 4) is 0 Å². The van der Waals surface area contributed by atoms with E-state index in [2.05, 4.69) is 10.1 Å². The Hall–Kier alpha value is -1.06. The first-order valence-corrected chi connectivity index (χ1v) is 2.57. The van der Waals surface area contributed by atoms with Crippen molar-refractivity contribution in [3.05, 3.63) is 0 Å². The molecule has 0 heterocycles. The Balaban J connectivity index is 3.06. The number of nitrogens with one attached hydrogen (secondary N) is 1. The first kappa shape index (κ1) is 7.94. The molecular weight excluding hydrogens is 122 g/mol. The molecule has 0 radical (unpaired) electrons. The van der Waals surface area contributed by atoms with E-state index in [1.165, 1.54) is 7.05 Å². The summed E-state index contributed by atoms with van der Waals surface area (Å²) in [6.07, 6.45) is 0.231. The summed E-state index contributed by atoms with van der Waals surface area (Å²) in [4.78, 5) is 19.9. The molecular formula is C5H9NO3. The number of ether oxygens (including phenoxy) is 1. The van der Waals surface area contributed by atoms with Gasteiger partial charge in [-0.1, -0.05) is 0 Å². The van der Waals surface area contributed by atoms with E-state index < -0.39 is 0 Å². The molecule has 0 aliphatic heterocycles. The van der Waals surface area contributed by atoms with Crippen molar-refractivity contribution in [2.75, 3.05) is 13.7 Å². The fourth-order valence-corrected chi connectivity index (χ4v) is 0.325. The number of hydrogen-bond acceptors (Lipinski definition) is 3. The van der Waals surface area contributed by atoms with Crippen LogP contribution in [0.15, 0.2) is 0 Å². The second-order valence-corrected chi connectivity index (χ2v) is 1.39. The van der Waals surface area contributed by atoms with E-state index >= 15 is 0 Å². The molecule has 0 aromatic heterocycles. The van der Waals surface area contributed by atoms with Crippen molar-refractivity contribution in [2.24, 2.45) is 0 Å². The molecule has 1 N–H and O–H groups in total. The molecule has 0 atom stereocenters. The topological polar surface area (TPSA) is 55.4 Å². The minimum Gasteiger partial charge on any atom is -0.467 e. The van der Waals surface area contributed by atoms with Crippen LogP contribution in [0, 0.1) is 0 Å². The van der Waals surface area contributed by atoms with Gasteiger partial charge in [0, 0.05) is 7.05 Å². The predicted octanol–water partition coefficient (Wildman–Crippen LogP) is -0.705. The predicted molar refractivity (Wildman–Crippen MR) is 30.7 cm³/mol. The lowest BCUT2D eigenvalue weighted by Gasteiger charge is -1.95. The molecule has 0 unspecified atom stereocenters. The van der Waals surface area contributed by atoms with E-state index in [0.717, 1.165) is 0 Å². The summed E-state index contributed by atoms with van der Waals surface area (Å²) in [6.45, 7) is 0.478. The molecule has 0 fully saturated rings. The minimum absolute atomic E-state index is 0.128. The van der Waals surface area contributed by atoms with Crippen molar-refractivity contribution in [1.82, 2.24) is 5.32 Å². The normalized spacial score (nSPS) is 8.11. The van der Waals surface area contributed by atoms with E-state index in [-0.39, 0.29) is 18.9 Å². The number of carbonyl (C=O) groups excluding carboxylic acids is 2. The largest absolute Gasteiger partial charge is 0.467 e. The first-order chi connectivity index (χ1) is 4.31. The molecule has 0 saturated carbocycles. The van der Waals surface area contributed by atoms with Gasteiger partial charge < -0.3 is 10.1 Å². The van der Waals surface area contributed by atoms with Crippen molar-refractivity contribution in [2.45, 2.75) is 6.42 Å². The SMILES string of the molecule is CNC(=O)CCOC=O. The molecule has 1 amide bonds. The van der Waals surface area contributed by atoms with Crippen LogP contribution in [0.3, 0.4) is 0 Å². The van der Waals surface area contributed by atoms with Gasteiger partial charge in [-0.15, -0.1) is 0 Å². The molecule has 0 aromatic rings. The average Bonchev–Trinajstić information content (AvgIpc) is 1.89. The summed E-state index contributed by atoms with van der Waals surface area (Å²) in [7, 11) is 1.53. The van der Waals surface area contributed by atoms with Crippen molar-refractivity contribution in [3.63, 3.8) is 0 Å². The summed E-state index contributed by atoms with van der Waals surface area (Å²) in [6, 6.07) is 0. The summed E-state index contributed by atoms with van der Waals surface area (Å²) >= 11 is 0. The number of amides is 1. The maximum atomic E-state index is 10.4. The Morgan fingerprint density at radius 2 is 2.44 bits per heavy atom. The Morgan fingerprint density at radius 3 is 2.89 bits per heavy atom. The van der Waals surface area contributed by atoms with E-state index in [1.807, 2.05) is 0 Å². The van der Waals surface area contributed by atoms with E-state index in [9.17, 15) is 9.59 Å². The molecule has 4 heteroatoms. The van der Waals surface area contributed by atoms with Gasteiger partial charge in [0.1, 0.15) is 0 Å². The highest BCUT2D eigenvalue weighted by Gasteiger charge is 1.94. The zero-order valence-corrected chi connectivity index (χ0v) is 5.22. The lowest BCUT2D eigenvalue weighted by atomic mass is 10.4. The Morgan fingerprint density at radius 1 is 1.78 bits per heavy atom. The second kappa shape index (κ2) is 5.08. The zero-order chi connectivity index (χ0) is 7.11. The highest BCUT2D eigenvalue weighted by Crippen LogP contribution is 1.77. The van der Waals surface area contributed by atoms with Crippen LogP contribution in [0.5, 0.6) is 0 Å². The molecule has 9 heavy (non-hydrogen) atoms. The molecule has 52 valence electrons. The van der Waals surface area contributed by atoms with Gasteiger partial charge in [-0.3, -0.25) is 9.59 Å². The van der Waals surface area contributed by atoms with Crippen LogP contribution in [0.25, 0.3) is 0 Å². The van der Waals surface area contributed by atoms with Crippen LogP contribution in [0.2, 0.25) is 0 Å². The quantitative estimate of drug-likeness (QED) is 0.405. The monoisotopic (exact) mass is 131 g/mol. The maximum absolute atomic E-state index is 10.4. The van der Waals surface area contributed by atoms with Gasteiger partial charge in [0.15, 0.2) is 0 Å². The Bertz CT molecular complexity index is 102. The van der Waals surface area contributed by atoms with Gasteiger partial charge in [0.25, 0.3) is 6.47 Å². The standard InChI is InChI=1S/C5H9NO3/c1-6-5(8)2-3-9-4-7/h4H,2-3H2,1H3,(H,6,8). The van der Waals surface area contributed by atoms with E-state index in [4.69, 9.17) is 0 Å². The summed E-state index contributed by atoms with van der Waals surface area (Å²) in [5.41, 5.74) is 0. The van der Waals surface area contributed by atoms with Crippen molar-refractivity contribution >= 4 is 12.4 Å².